The van der Waals surface area contributed by atoms with Gasteiger partial charge in [0.2, 0.25) is 0 Å². The van der Waals surface area contributed by atoms with Crippen molar-refractivity contribution in [3.8, 4) is 11.3 Å². The van der Waals surface area contributed by atoms with Crippen LogP contribution in [-0.2, 0) is 5.75 Å². The Morgan fingerprint density at radius 2 is 1.95 bits per heavy atom. The molecule has 0 saturated heterocycles. The third-order valence-electron chi connectivity index (χ3n) is 2.69. The SMILES string of the molecule is Clc1ccc(SCc2cc(-c3ccccc3)on2)nc1. The van der Waals surface area contributed by atoms with Crippen LogP contribution in [0.4, 0.5) is 0 Å². The molecule has 0 spiro atoms. The molecule has 0 aliphatic carbocycles. The van der Waals surface area contributed by atoms with E-state index in [1.54, 1.807) is 18.0 Å². The average molecular weight is 303 g/mol. The molecule has 100 valence electrons. The van der Waals surface area contributed by atoms with E-state index < -0.39 is 0 Å². The molecule has 3 rings (SSSR count). The molecule has 2 heterocycles. The summed E-state index contributed by atoms with van der Waals surface area (Å²) in [6, 6.07) is 15.6. The molecule has 0 N–H and O–H groups in total. The summed E-state index contributed by atoms with van der Waals surface area (Å²) < 4.78 is 5.35. The zero-order chi connectivity index (χ0) is 13.8. The lowest BCUT2D eigenvalue weighted by Gasteiger charge is -1.97. The number of nitrogens with zero attached hydrogens (tertiary/aromatic N) is 2. The van der Waals surface area contributed by atoms with Gasteiger partial charge in [-0.15, -0.1) is 0 Å². The van der Waals surface area contributed by atoms with Gasteiger partial charge in [-0.2, -0.15) is 0 Å². The first kappa shape index (κ1) is 13.2. The van der Waals surface area contributed by atoms with Crippen molar-refractivity contribution in [3.63, 3.8) is 0 Å². The van der Waals surface area contributed by atoms with Gasteiger partial charge in [-0.05, 0) is 12.1 Å². The summed E-state index contributed by atoms with van der Waals surface area (Å²) in [4.78, 5) is 4.23. The van der Waals surface area contributed by atoms with Crippen LogP contribution >= 0.6 is 23.4 Å². The third-order valence-corrected chi connectivity index (χ3v) is 3.89. The van der Waals surface area contributed by atoms with Gasteiger partial charge in [0.1, 0.15) is 0 Å². The molecule has 20 heavy (non-hydrogen) atoms. The lowest BCUT2D eigenvalue weighted by Crippen LogP contribution is -1.82. The van der Waals surface area contributed by atoms with Crippen molar-refractivity contribution in [2.75, 3.05) is 0 Å². The van der Waals surface area contributed by atoms with E-state index in [0.29, 0.717) is 10.8 Å². The average Bonchev–Trinajstić information content (AvgIpc) is 2.97. The fraction of sp³-hybridized carbons (Fsp3) is 0.0667. The minimum atomic E-state index is 0.641. The molecular formula is C15H11ClN2OS. The van der Waals surface area contributed by atoms with Gasteiger partial charge < -0.3 is 4.52 Å². The first-order valence-electron chi connectivity index (χ1n) is 6.06. The van der Waals surface area contributed by atoms with Gasteiger partial charge >= 0.3 is 0 Å². The summed E-state index contributed by atoms with van der Waals surface area (Å²) in [5.41, 5.74) is 1.92. The number of thioether (sulfide) groups is 1. The number of halogens is 1. The molecule has 0 atom stereocenters. The minimum absolute atomic E-state index is 0.641. The van der Waals surface area contributed by atoms with E-state index in [4.69, 9.17) is 16.1 Å². The predicted octanol–water partition coefficient (Wildman–Crippen LogP) is 4.68. The van der Waals surface area contributed by atoms with E-state index in [1.165, 1.54) is 0 Å². The minimum Gasteiger partial charge on any atom is -0.356 e. The smallest absolute Gasteiger partial charge is 0.167 e. The summed E-state index contributed by atoms with van der Waals surface area (Å²) in [5.74, 6) is 1.50. The summed E-state index contributed by atoms with van der Waals surface area (Å²) in [6.07, 6.45) is 1.64. The first-order valence-corrected chi connectivity index (χ1v) is 7.43. The van der Waals surface area contributed by atoms with Gasteiger partial charge in [0.25, 0.3) is 0 Å². The van der Waals surface area contributed by atoms with Crippen molar-refractivity contribution in [2.24, 2.45) is 0 Å². The van der Waals surface area contributed by atoms with Crippen molar-refractivity contribution in [3.05, 3.63) is 65.4 Å². The number of aromatic nitrogens is 2. The number of hydrogen-bond donors (Lipinski definition) is 0. The molecule has 0 radical (unpaired) electrons. The predicted molar refractivity (Wildman–Crippen MR) is 80.7 cm³/mol. The molecule has 0 aliphatic rings. The summed E-state index contributed by atoms with van der Waals surface area (Å²) in [6.45, 7) is 0. The first-order chi connectivity index (χ1) is 9.81. The maximum absolute atomic E-state index is 5.80. The largest absolute Gasteiger partial charge is 0.356 e. The number of rotatable bonds is 4. The van der Waals surface area contributed by atoms with Crippen molar-refractivity contribution in [1.29, 1.82) is 0 Å². The molecule has 0 aliphatic heterocycles. The second kappa shape index (κ2) is 6.11. The second-order valence-electron chi connectivity index (χ2n) is 4.15. The number of pyridine rings is 1. The molecule has 3 aromatic rings. The Morgan fingerprint density at radius 3 is 2.70 bits per heavy atom. The van der Waals surface area contributed by atoms with Gasteiger partial charge in [0.05, 0.1) is 15.7 Å². The van der Waals surface area contributed by atoms with Gasteiger partial charge in [0.15, 0.2) is 5.76 Å². The van der Waals surface area contributed by atoms with Crippen LogP contribution in [-0.4, -0.2) is 10.1 Å². The van der Waals surface area contributed by atoms with Crippen LogP contribution in [0.25, 0.3) is 11.3 Å². The molecule has 0 bridgehead atoms. The van der Waals surface area contributed by atoms with Crippen molar-refractivity contribution < 1.29 is 4.52 Å². The highest BCUT2D eigenvalue weighted by molar-refractivity contribution is 7.98. The number of hydrogen-bond acceptors (Lipinski definition) is 4. The summed E-state index contributed by atoms with van der Waals surface area (Å²) in [5, 5.41) is 5.63. The van der Waals surface area contributed by atoms with E-state index >= 15 is 0 Å². The van der Waals surface area contributed by atoms with Crippen LogP contribution in [0.15, 0.2) is 64.3 Å². The Morgan fingerprint density at radius 1 is 1.10 bits per heavy atom. The Hall–Kier alpha value is -1.78. The highest BCUT2D eigenvalue weighted by atomic mass is 35.5. The maximum atomic E-state index is 5.80. The zero-order valence-corrected chi connectivity index (χ0v) is 12.1. The molecule has 2 aromatic heterocycles. The Balaban J connectivity index is 1.67. The molecule has 0 saturated carbocycles. The zero-order valence-electron chi connectivity index (χ0n) is 10.5. The lowest BCUT2D eigenvalue weighted by molar-refractivity contribution is 0.426. The van der Waals surface area contributed by atoms with Crippen LogP contribution in [0.2, 0.25) is 5.02 Å². The van der Waals surface area contributed by atoms with E-state index in [1.807, 2.05) is 48.5 Å². The Bertz CT molecular complexity index is 683. The number of benzene rings is 1. The van der Waals surface area contributed by atoms with Crippen molar-refractivity contribution in [2.45, 2.75) is 10.8 Å². The molecular weight excluding hydrogens is 292 g/mol. The molecule has 0 unspecified atom stereocenters. The van der Waals surface area contributed by atoms with Gasteiger partial charge in [-0.25, -0.2) is 4.98 Å². The highest BCUT2D eigenvalue weighted by Gasteiger charge is 2.07. The Kier molecular flexibility index (Phi) is 4.04. The van der Waals surface area contributed by atoms with Gasteiger partial charge in [-0.1, -0.05) is 58.9 Å². The standard InChI is InChI=1S/C15H11ClN2OS/c16-12-6-7-15(17-9-12)20-10-13-8-14(19-18-13)11-4-2-1-3-5-11/h1-9H,10H2. The fourth-order valence-electron chi connectivity index (χ4n) is 1.71. The van der Waals surface area contributed by atoms with E-state index in [2.05, 4.69) is 10.1 Å². The normalized spacial score (nSPS) is 10.7. The van der Waals surface area contributed by atoms with E-state index in [0.717, 1.165) is 22.0 Å². The molecule has 1 aromatic carbocycles. The molecule has 3 nitrogen and oxygen atoms in total. The van der Waals surface area contributed by atoms with Crippen molar-refractivity contribution >= 4 is 23.4 Å². The fourth-order valence-corrected chi connectivity index (χ4v) is 2.55. The lowest BCUT2D eigenvalue weighted by atomic mass is 10.2. The monoisotopic (exact) mass is 302 g/mol. The van der Waals surface area contributed by atoms with E-state index in [-0.39, 0.29) is 0 Å². The Labute approximate surface area is 126 Å². The van der Waals surface area contributed by atoms with Gasteiger partial charge in [0, 0.05) is 23.6 Å². The van der Waals surface area contributed by atoms with Crippen LogP contribution in [0.5, 0.6) is 0 Å². The van der Waals surface area contributed by atoms with Gasteiger partial charge in [-0.3, -0.25) is 0 Å². The molecule has 0 amide bonds. The van der Waals surface area contributed by atoms with Crippen molar-refractivity contribution in [1.82, 2.24) is 10.1 Å². The quantitative estimate of drug-likeness (QED) is 0.656. The highest BCUT2D eigenvalue weighted by Crippen LogP contribution is 2.25. The summed E-state index contributed by atoms with van der Waals surface area (Å²) in [7, 11) is 0. The van der Waals surface area contributed by atoms with Crippen LogP contribution in [0.1, 0.15) is 5.69 Å². The topological polar surface area (TPSA) is 38.9 Å². The van der Waals surface area contributed by atoms with Crippen LogP contribution in [0.3, 0.4) is 0 Å². The molecule has 5 heteroatoms. The van der Waals surface area contributed by atoms with Crippen LogP contribution in [0, 0.1) is 0 Å². The third kappa shape index (κ3) is 3.21. The van der Waals surface area contributed by atoms with E-state index in [9.17, 15) is 0 Å². The second-order valence-corrected chi connectivity index (χ2v) is 5.58. The van der Waals surface area contributed by atoms with Crippen LogP contribution < -0.4 is 0 Å². The summed E-state index contributed by atoms with van der Waals surface area (Å²) >= 11 is 7.40. The maximum Gasteiger partial charge on any atom is 0.167 e. The molecule has 0 fully saturated rings.